The maximum absolute atomic E-state index is 12.1. The van der Waals surface area contributed by atoms with Gasteiger partial charge < -0.3 is 20.4 Å². The molecule has 0 aliphatic carbocycles. The maximum atomic E-state index is 12.1. The smallest absolute Gasteiger partial charge is 0.251 e. The third kappa shape index (κ3) is 5.72. The van der Waals surface area contributed by atoms with E-state index in [-0.39, 0.29) is 18.4 Å². The average Bonchev–Trinajstić information content (AvgIpc) is 3.20. The van der Waals surface area contributed by atoms with E-state index in [0.717, 1.165) is 15.8 Å². The number of nitrogens with one attached hydrogen (secondary N) is 3. The van der Waals surface area contributed by atoms with Crippen molar-refractivity contribution in [3.63, 3.8) is 0 Å². The molecule has 0 aliphatic rings. The van der Waals surface area contributed by atoms with Crippen molar-refractivity contribution in [2.75, 3.05) is 17.2 Å². The Labute approximate surface area is 165 Å². The van der Waals surface area contributed by atoms with Crippen LogP contribution < -0.4 is 16.0 Å². The quantitative estimate of drug-likeness (QED) is 0.531. The van der Waals surface area contributed by atoms with Gasteiger partial charge >= 0.3 is 0 Å². The van der Waals surface area contributed by atoms with Crippen LogP contribution in [-0.4, -0.2) is 18.4 Å². The van der Waals surface area contributed by atoms with E-state index in [4.69, 9.17) is 4.42 Å². The Balaban J connectivity index is 1.46. The van der Waals surface area contributed by atoms with Gasteiger partial charge in [-0.05, 0) is 60.7 Å². The lowest BCUT2D eigenvalue weighted by Gasteiger charge is -2.09. The van der Waals surface area contributed by atoms with Crippen molar-refractivity contribution in [2.24, 2.45) is 0 Å². The lowest BCUT2D eigenvalue weighted by Crippen LogP contribution is -2.23. The largest absolute Gasteiger partial charge is 0.467 e. The van der Waals surface area contributed by atoms with Crippen LogP contribution in [0.25, 0.3) is 0 Å². The lowest BCUT2D eigenvalue weighted by atomic mass is 10.2. The standard InChI is InChI=1S/C20H18BrN3O3/c21-15-5-9-17(10-6-15)24-19(25)13-22-16-7-3-14(4-8-16)20(26)23-12-18-2-1-11-27-18/h1-11,22H,12-13H2,(H,23,26)(H,24,25). The van der Waals surface area contributed by atoms with E-state index in [2.05, 4.69) is 31.9 Å². The molecule has 1 heterocycles. The number of furan rings is 1. The van der Waals surface area contributed by atoms with Crippen LogP contribution in [-0.2, 0) is 11.3 Å². The van der Waals surface area contributed by atoms with Gasteiger partial charge in [0.05, 0.1) is 19.4 Å². The van der Waals surface area contributed by atoms with Gasteiger partial charge in [0.1, 0.15) is 5.76 Å². The number of carbonyl (C=O) groups is 2. The van der Waals surface area contributed by atoms with Gasteiger partial charge in [0.15, 0.2) is 0 Å². The summed E-state index contributed by atoms with van der Waals surface area (Å²) in [4.78, 5) is 24.1. The van der Waals surface area contributed by atoms with Crippen LogP contribution in [0.2, 0.25) is 0 Å². The zero-order valence-electron chi connectivity index (χ0n) is 14.4. The minimum absolute atomic E-state index is 0.125. The first-order valence-electron chi connectivity index (χ1n) is 8.30. The van der Waals surface area contributed by atoms with E-state index in [0.29, 0.717) is 17.9 Å². The van der Waals surface area contributed by atoms with Gasteiger partial charge in [0.25, 0.3) is 5.91 Å². The Morgan fingerprint density at radius 3 is 2.30 bits per heavy atom. The second kappa shape index (κ2) is 9.05. The third-order valence-corrected chi connectivity index (χ3v) is 4.26. The first kappa shape index (κ1) is 18.7. The number of anilines is 2. The second-order valence-corrected chi connectivity index (χ2v) is 6.66. The predicted octanol–water partition coefficient (Wildman–Crippen LogP) is 4.02. The summed E-state index contributed by atoms with van der Waals surface area (Å²) in [7, 11) is 0. The van der Waals surface area contributed by atoms with E-state index in [1.807, 2.05) is 24.3 Å². The molecule has 6 nitrogen and oxygen atoms in total. The van der Waals surface area contributed by atoms with Gasteiger partial charge in [0.2, 0.25) is 5.91 Å². The molecule has 3 N–H and O–H groups in total. The maximum Gasteiger partial charge on any atom is 0.251 e. The van der Waals surface area contributed by atoms with Crippen LogP contribution in [0.5, 0.6) is 0 Å². The van der Waals surface area contributed by atoms with Crippen molar-refractivity contribution in [3.8, 4) is 0 Å². The van der Waals surface area contributed by atoms with Gasteiger partial charge in [0, 0.05) is 21.4 Å². The minimum Gasteiger partial charge on any atom is -0.467 e. The first-order valence-corrected chi connectivity index (χ1v) is 9.09. The van der Waals surface area contributed by atoms with E-state index in [1.165, 1.54) is 0 Å². The highest BCUT2D eigenvalue weighted by Crippen LogP contribution is 2.14. The summed E-state index contributed by atoms with van der Waals surface area (Å²) in [5, 5.41) is 8.61. The van der Waals surface area contributed by atoms with Crippen molar-refractivity contribution in [1.29, 1.82) is 0 Å². The van der Waals surface area contributed by atoms with Crippen molar-refractivity contribution >= 4 is 39.1 Å². The number of hydrogen-bond donors (Lipinski definition) is 3. The summed E-state index contributed by atoms with van der Waals surface area (Å²) >= 11 is 3.35. The van der Waals surface area contributed by atoms with Gasteiger partial charge in [-0.1, -0.05) is 15.9 Å². The van der Waals surface area contributed by atoms with E-state index in [9.17, 15) is 9.59 Å². The molecule has 2 aromatic carbocycles. The molecule has 0 bridgehead atoms. The predicted molar refractivity (Wildman–Crippen MR) is 108 cm³/mol. The summed E-state index contributed by atoms with van der Waals surface area (Å²) in [5.74, 6) is 0.349. The molecular formula is C20H18BrN3O3. The van der Waals surface area contributed by atoms with Crippen LogP contribution in [0.4, 0.5) is 11.4 Å². The molecule has 0 fully saturated rings. The van der Waals surface area contributed by atoms with Crippen molar-refractivity contribution in [3.05, 3.63) is 82.7 Å². The molecule has 0 saturated heterocycles. The van der Waals surface area contributed by atoms with Crippen LogP contribution in [0.15, 0.2) is 75.8 Å². The Bertz CT molecular complexity index is 891. The van der Waals surface area contributed by atoms with Crippen molar-refractivity contribution in [2.45, 2.75) is 6.54 Å². The number of benzene rings is 2. The first-order chi connectivity index (χ1) is 13.1. The average molecular weight is 428 g/mol. The van der Waals surface area contributed by atoms with E-state index >= 15 is 0 Å². The fourth-order valence-corrected chi connectivity index (χ4v) is 2.61. The highest BCUT2D eigenvalue weighted by Gasteiger charge is 2.07. The molecule has 0 atom stereocenters. The zero-order valence-corrected chi connectivity index (χ0v) is 16.0. The Morgan fingerprint density at radius 2 is 1.63 bits per heavy atom. The van der Waals surface area contributed by atoms with Gasteiger partial charge in [-0.25, -0.2) is 0 Å². The van der Waals surface area contributed by atoms with Crippen LogP contribution >= 0.6 is 15.9 Å². The summed E-state index contributed by atoms with van der Waals surface area (Å²) in [6.07, 6.45) is 1.56. The fourth-order valence-electron chi connectivity index (χ4n) is 2.34. The fraction of sp³-hybridized carbons (Fsp3) is 0.100. The summed E-state index contributed by atoms with van der Waals surface area (Å²) < 4.78 is 6.13. The lowest BCUT2D eigenvalue weighted by molar-refractivity contribution is -0.114. The van der Waals surface area contributed by atoms with Crippen LogP contribution in [0, 0.1) is 0 Å². The van der Waals surface area contributed by atoms with Gasteiger partial charge in [-0.15, -0.1) is 0 Å². The molecule has 0 unspecified atom stereocenters. The zero-order chi connectivity index (χ0) is 19.1. The summed E-state index contributed by atoms with van der Waals surface area (Å²) in [6, 6.07) is 17.8. The van der Waals surface area contributed by atoms with E-state index in [1.54, 1.807) is 42.7 Å². The van der Waals surface area contributed by atoms with Gasteiger partial charge in [-0.3, -0.25) is 9.59 Å². The normalized spacial score (nSPS) is 10.3. The van der Waals surface area contributed by atoms with Crippen molar-refractivity contribution in [1.82, 2.24) is 5.32 Å². The SMILES string of the molecule is O=C(CNc1ccc(C(=O)NCc2ccco2)cc1)Nc1ccc(Br)cc1. The molecule has 3 rings (SSSR count). The van der Waals surface area contributed by atoms with E-state index < -0.39 is 0 Å². The number of hydrogen-bond acceptors (Lipinski definition) is 4. The molecule has 0 saturated carbocycles. The molecule has 2 amide bonds. The molecule has 1 aromatic heterocycles. The monoisotopic (exact) mass is 427 g/mol. The molecule has 0 radical (unpaired) electrons. The molecule has 7 heteroatoms. The number of halogens is 1. The Hall–Kier alpha value is -3.06. The topological polar surface area (TPSA) is 83.4 Å². The molecule has 0 spiro atoms. The number of carbonyl (C=O) groups excluding carboxylic acids is 2. The number of amides is 2. The van der Waals surface area contributed by atoms with Crippen molar-refractivity contribution < 1.29 is 14.0 Å². The van der Waals surface area contributed by atoms with Gasteiger partial charge in [-0.2, -0.15) is 0 Å². The molecule has 3 aromatic rings. The molecule has 138 valence electrons. The van der Waals surface area contributed by atoms with Crippen LogP contribution in [0.1, 0.15) is 16.1 Å². The molecule has 27 heavy (non-hydrogen) atoms. The molecular weight excluding hydrogens is 410 g/mol. The second-order valence-electron chi connectivity index (χ2n) is 5.75. The Morgan fingerprint density at radius 1 is 0.926 bits per heavy atom. The Kier molecular flexibility index (Phi) is 6.27. The molecule has 0 aliphatic heterocycles. The highest BCUT2D eigenvalue weighted by molar-refractivity contribution is 9.10. The highest BCUT2D eigenvalue weighted by atomic mass is 79.9. The summed E-state index contributed by atoms with van der Waals surface area (Å²) in [6.45, 7) is 0.460. The third-order valence-electron chi connectivity index (χ3n) is 3.73. The minimum atomic E-state index is -0.189. The summed E-state index contributed by atoms with van der Waals surface area (Å²) in [5.41, 5.74) is 2.02. The van der Waals surface area contributed by atoms with Crippen LogP contribution in [0.3, 0.4) is 0 Å². The number of rotatable bonds is 7.